The number of pyridine rings is 1. The third kappa shape index (κ3) is 8.98. The molecule has 2 heterocycles. The monoisotopic (exact) mass is 1010 g/mol. The summed E-state index contributed by atoms with van der Waals surface area (Å²) in [6, 6.07) is 45.8. The third-order valence-electron chi connectivity index (χ3n) is 12.1. The van der Waals surface area contributed by atoms with E-state index >= 15 is 0 Å². The summed E-state index contributed by atoms with van der Waals surface area (Å²) in [7, 11) is 0. The second-order valence-electron chi connectivity index (χ2n) is 19.4. The molecule has 0 unspecified atom stereocenters. The molecule has 324 valence electrons. The molecule has 0 atom stereocenters. The Morgan fingerprint density at radius 3 is 2.03 bits per heavy atom. The van der Waals surface area contributed by atoms with E-state index in [9.17, 15) is 6.48 Å². The van der Waals surface area contributed by atoms with Crippen LogP contribution in [0.15, 0.2) is 128 Å². The van der Waals surface area contributed by atoms with Crippen LogP contribution in [-0.2, 0) is 31.9 Å². The molecule has 63 heavy (non-hydrogen) atoms. The fourth-order valence-corrected chi connectivity index (χ4v) is 8.62. The van der Waals surface area contributed by atoms with E-state index in [1.807, 2.05) is 78.1 Å². The first-order valence-corrected chi connectivity index (χ1v) is 21.7. The van der Waals surface area contributed by atoms with E-state index < -0.39 is 11.8 Å². The van der Waals surface area contributed by atoms with Gasteiger partial charge in [0.25, 0.3) is 0 Å². The van der Waals surface area contributed by atoms with Crippen molar-refractivity contribution >= 4 is 11.0 Å². The number of aromatic hydroxyl groups is 1. The Hall–Kier alpha value is -5.57. The van der Waals surface area contributed by atoms with Crippen LogP contribution < -0.4 is 0 Å². The summed E-state index contributed by atoms with van der Waals surface area (Å²) < 4.78 is 20.1. The molecule has 0 spiro atoms. The maximum atomic E-state index is 11.8. The van der Waals surface area contributed by atoms with Gasteiger partial charge in [-0.05, 0) is 117 Å². The summed E-state index contributed by atoms with van der Waals surface area (Å²) in [5.74, 6) is -0.810. The van der Waals surface area contributed by atoms with E-state index in [1.54, 1.807) is 0 Å². The molecule has 0 saturated carbocycles. The smallest absolute Gasteiger partial charge is 0.148 e. The predicted molar refractivity (Wildman–Crippen MR) is 262 cm³/mol. The number of hydrogen-bond donors (Lipinski definition) is 1. The number of imidazole rings is 1. The number of phenolic OH excluding ortho intramolecular Hbond substituents is 1. The van der Waals surface area contributed by atoms with Crippen molar-refractivity contribution in [1.29, 1.82) is 0 Å². The second kappa shape index (κ2) is 17.5. The molecule has 5 heteroatoms. The molecular weight excluding hydrogens is 950 g/mol. The normalized spacial score (nSPS) is 12.8. The largest absolute Gasteiger partial charge is 0.507 e. The summed E-state index contributed by atoms with van der Waals surface area (Å²) >= 11 is 0. The van der Waals surface area contributed by atoms with Crippen molar-refractivity contribution < 1.29 is 28.9 Å². The van der Waals surface area contributed by atoms with Crippen molar-refractivity contribution in [3.63, 3.8) is 0 Å². The van der Waals surface area contributed by atoms with E-state index in [0.717, 1.165) is 89.2 Å². The Labute approximate surface area is 392 Å². The number of aromatic nitrogens is 3. The van der Waals surface area contributed by atoms with Crippen molar-refractivity contribution in [2.75, 3.05) is 0 Å². The maximum Gasteiger partial charge on any atom is 0.148 e. The summed E-state index contributed by atoms with van der Waals surface area (Å²) in [6.45, 7) is 25.0. The van der Waals surface area contributed by atoms with Gasteiger partial charge in [0.2, 0.25) is 0 Å². The molecule has 0 aliphatic heterocycles. The first-order valence-electron chi connectivity index (χ1n) is 22.7. The zero-order valence-electron chi connectivity index (χ0n) is 40.7. The molecule has 0 fully saturated rings. The van der Waals surface area contributed by atoms with Gasteiger partial charge in [0, 0.05) is 41.4 Å². The second-order valence-corrected chi connectivity index (χ2v) is 19.4. The number of rotatable bonds is 8. The zero-order valence-corrected chi connectivity index (χ0v) is 41.0. The first-order chi connectivity index (χ1) is 30.0. The maximum absolute atomic E-state index is 11.8. The summed E-state index contributed by atoms with van der Waals surface area (Å²) in [5.41, 5.74) is 16.6. The summed E-state index contributed by atoms with van der Waals surface area (Å²) in [6.07, 6.45) is 1.86. The molecule has 0 saturated heterocycles. The van der Waals surface area contributed by atoms with E-state index in [0.29, 0.717) is 11.4 Å². The van der Waals surface area contributed by atoms with Crippen LogP contribution in [0.3, 0.4) is 0 Å². The summed E-state index contributed by atoms with van der Waals surface area (Å²) in [5, 5.41) is 11.8. The van der Waals surface area contributed by atoms with Crippen molar-refractivity contribution in [2.24, 2.45) is 0 Å². The predicted octanol–water partition coefficient (Wildman–Crippen LogP) is 15.7. The average Bonchev–Trinajstić information content (AvgIpc) is 3.63. The summed E-state index contributed by atoms with van der Waals surface area (Å²) in [4.78, 5) is 10.4. The molecule has 0 aliphatic carbocycles. The van der Waals surface area contributed by atoms with Gasteiger partial charge in [-0.2, -0.15) is 0 Å². The third-order valence-corrected chi connectivity index (χ3v) is 12.1. The number of aryl methyl sites for hydroxylation is 2. The molecule has 4 nitrogen and oxygen atoms in total. The Morgan fingerprint density at radius 2 is 1.35 bits per heavy atom. The Morgan fingerprint density at radius 1 is 0.651 bits per heavy atom. The number of para-hydroxylation sites is 1. The van der Waals surface area contributed by atoms with Crippen LogP contribution in [0.25, 0.3) is 72.7 Å². The minimum atomic E-state index is -0.938. The van der Waals surface area contributed by atoms with Gasteiger partial charge >= 0.3 is 0 Å². The SMILES string of the molecule is [2H]C(C)(C)c1ccc(-c2ccnc(-c3[c-]c(-c4cccc5c4nc(-c4cc(C)cc(C)c4O)n5-c4ccc(-c5ccccc5C(C)(C)C)c(C([2H])(C)C)c4)cc(C(C)(C)C)c3)c2)cc1.[Pt]. The van der Waals surface area contributed by atoms with Gasteiger partial charge in [-0.25, -0.2) is 4.98 Å². The van der Waals surface area contributed by atoms with E-state index in [2.05, 4.69) is 143 Å². The number of nitrogens with zero attached hydrogens (tertiary/aromatic N) is 3. The van der Waals surface area contributed by atoms with Crippen LogP contribution in [0, 0.1) is 19.9 Å². The Balaban J connectivity index is 0.00000630. The van der Waals surface area contributed by atoms with Crippen molar-refractivity contribution in [1.82, 2.24) is 14.5 Å². The van der Waals surface area contributed by atoms with Crippen LogP contribution in [0.4, 0.5) is 0 Å². The first kappa shape index (κ1) is 42.7. The molecular formula is C58H60N3OPt-. The Kier molecular flexibility index (Phi) is 11.9. The van der Waals surface area contributed by atoms with E-state index in [1.165, 1.54) is 5.56 Å². The van der Waals surface area contributed by atoms with Gasteiger partial charge in [0.05, 0.1) is 16.6 Å². The van der Waals surface area contributed by atoms with Gasteiger partial charge in [0.15, 0.2) is 0 Å². The van der Waals surface area contributed by atoms with Crippen molar-refractivity contribution in [3.05, 3.63) is 167 Å². The molecule has 0 aliphatic rings. The van der Waals surface area contributed by atoms with Crippen LogP contribution >= 0.6 is 0 Å². The molecule has 6 aromatic carbocycles. The molecule has 1 N–H and O–H groups in total. The van der Waals surface area contributed by atoms with Gasteiger partial charge in [-0.3, -0.25) is 9.55 Å². The average molecular weight is 1010 g/mol. The van der Waals surface area contributed by atoms with Gasteiger partial charge < -0.3 is 5.11 Å². The minimum Gasteiger partial charge on any atom is -0.507 e. The van der Waals surface area contributed by atoms with Crippen molar-refractivity contribution in [2.45, 2.75) is 106 Å². The molecule has 0 bridgehead atoms. The van der Waals surface area contributed by atoms with E-state index in [4.69, 9.17) is 11.3 Å². The zero-order chi connectivity index (χ0) is 46.1. The number of hydrogen-bond acceptors (Lipinski definition) is 3. The van der Waals surface area contributed by atoms with Crippen molar-refractivity contribution in [3.8, 4) is 67.5 Å². The van der Waals surface area contributed by atoms with Gasteiger partial charge in [-0.15, -0.1) is 29.3 Å². The molecule has 8 rings (SSSR count). The fourth-order valence-electron chi connectivity index (χ4n) is 8.62. The Bertz CT molecular complexity index is 3060. The van der Waals surface area contributed by atoms with Crippen LogP contribution in [0.1, 0.15) is 117 Å². The number of benzene rings is 6. The molecule has 0 amide bonds. The fraction of sp³-hybridized carbons (Fsp3) is 0.276. The molecule has 8 aromatic rings. The van der Waals surface area contributed by atoms with Crippen LogP contribution in [0.2, 0.25) is 0 Å². The molecule has 0 radical (unpaired) electrons. The number of phenols is 1. The quantitative estimate of drug-likeness (QED) is 0.154. The standard InChI is InChI=1S/C58H60N3O.Pt/c1-35(2)39-20-22-40(23-21-39)41-26-27-59-52(33-41)43-30-42(31-44(32-43)57(7,8)9)46-17-15-19-53-54(46)60-56(50-29-37(5)28-38(6)55(50)62)61(53)45-24-25-47(49(34-45)36(3)4)48-16-13-14-18-51(48)58(10,11)12;/h13-29,31-36,62H,1-12H3;/q-1;/i35D,36D;. The topological polar surface area (TPSA) is 50.9 Å². The van der Waals surface area contributed by atoms with Gasteiger partial charge in [0.1, 0.15) is 11.6 Å². The number of fused-ring (bicyclic) bond motifs is 1. The van der Waals surface area contributed by atoms with Gasteiger partial charge in [-0.1, -0.05) is 159 Å². The van der Waals surface area contributed by atoms with Crippen LogP contribution in [-0.4, -0.2) is 19.6 Å². The molecule has 2 aromatic heterocycles. The van der Waals surface area contributed by atoms with Crippen LogP contribution in [0.5, 0.6) is 5.75 Å². The van der Waals surface area contributed by atoms with E-state index in [-0.39, 0.29) is 37.6 Å². The minimum absolute atomic E-state index is 0.